The first-order chi connectivity index (χ1) is 17.2. The van der Waals surface area contributed by atoms with Crippen LogP contribution in [0.1, 0.15) is 57.1 Å². The molecule has 0 spiro atoms. The van der Waals surface area contributed by atoms with Crippen molar-refractivity contribution >= 4 is 11.7 Å². The predicted octanol–water partition coefficient (Wildman–Crippen LogP) is 7.15. The van der Waals surface area contributed by atoms with Crippen molar-refractivity contribution in [3.8, 4) is 0 Å². The van der Waals surface area contributed by atoms with Gasteiger partial charge in [-0.15, -0.1) is 0 Å². The molecule has 3 nitrogen and oxygen atoms in total. The van der Waals surface area contributed by atoms with Crippen LogP contribution < -0.4 is 5.32 Å². The van der Waals surface area contributed by atoms with Crippen LogP contribution in [0, 0.1) is 13.8 Å². The summed E-state index contributed by atoms with van der Waals surface area (Å²) < 4.78 is 131. The Morgan fingerprint density at radius 1 is 0.789 bits per heavy atom. The summed E-state index contributed by atoms with van der Waals surface area (Å²) in [4.78, 5) is 24.3. The van der Waals surface area contributed by atoms with Gasteiger partial charge in [0.05, 0.1) is 0 Å². The number of carbonyl (C=O) groups excluding carboxylic acids is 2. The normalized spacial score (nSPS) is 13.0. The highest BCUT2D eigenvalue weighted by molar-refractivity contribution is 5.98. The van der Waals surface area contributed by atoms with Gasteiger partial charge in [-0.05, 0) is 54.2 Å². The summed E-state index contributed by atoms with van der Waals surface area (Å²) in [6, 6.07) is 5.02. The van der Waals surface area contributed by atoms with Crippen LogP contribution >= 0.6 is 0 Å². The lowest BCUT2D eigenvalue weighted by Gasteiger charge is -2.31. The first kappa shape index (κ1) is 31.1. The second-order valence-corrected chi connectivity index (χ2v) is 8.75. The first-order valence-corrected chi connectivity index (χ1v) is 11.1. The highest BCUT2D eigenvalue weighted by Gasteiger charge is 2.73. The molecule has 2 aromatic carbocycles. The van der Waals surface area contributed by atoms with Gasteiger partial charge >= 0.3 is 24.2 Å². The van der Waals surface area contributed by atoms with E-state index in [2.05, 4.69) is 5.32 Å². The zero-order valence-electron chi connectivity index (χ0n) is 20.3. The van der Waals surface area contributed by atoms with Gasteiger partial charge < -0.3 is 5.32 Å². The number of carbonyl (C=O) groups is 2. The zero-order chi connectivity index (χ0) is 29.3. The lowest BCUT2D eigenvalue weighted by Crippen LogP contribution is -2.50. The summed E-state index contributed by atoms with van der Waals surface area (Å²) in [5, 5.41) is 2.11. The second kappa shape index (κ2) is 10.9. The third-order valence-electron chi connectivity index (χ3n) is 5.96. The SMILES string of the molecule is CCc1cc(C(F)(C(F)(F)F)C(F)(F)F)cc(C)c1CC(=O)c1ccc(CNC(=O)CC(F)(F)F)c(C)c1. The molecule has 0 unspecified atom stereocenters. The van der Waals surface area contributed by atoms with Gasteiger partial charge in [-0.25, -0.2) is 4.39 Å². The van der Waals surface area contributed by atoms with Crippen LogP contribution in [-0.2, 0) is 29.8 Å². The molecule has 0 fully saturated rings. The van der Waals surface area contributed by atoms with E-state index in [1.54, 1.807) is 0 Å². The van der Waals surface area contributed by atoms with E-state index in [9.17, 15) is 53.5 Å². The molecule has 0 aliphatic rings. The number of hydrogen-bond donors (Lipinski definition) is 1. The molecule has 0 saturated carbocycles. The Morgan fingerprint density at radius 2 is 1.37 bits per heavy atom. The largest absolute Gasteiger partial charge is 0.435 e. The van der Waals surface area contributed by atoms with E-state index in [-0.39, 0.29) is 35.2 Å². The third-order valence-corrected chi connectivity index (χ3v) is 5.96. The van der Waals surface area contributed by atoms with Crippen molar-refractivity contribution in [3.05, 3.63) is 69.3 Å². The summed E-state index contributed by atoms with van der Waals surface area (Å²) in [7, 11) is 0. The number of rotatable bonds is 8. The molecule has 2 aromatic rings. The van der Waals surface area contributed by atoms with Crippen LogP contribution in [0.25, 0.3) is 0 Å². The summed E-state index contributed by atoms with van der Waals surface area (Å²) in [6.45, 7) is 3.91. The van der Waals surface area contributed by atoms with Gasteiger partial charge in [0.1, 0.15) is 6.42 Å². The minimum absolute atomic E-state index is 0.0652. The molecular weight excluding hydrogens is 536 g/mol. The Balaban J connectivity index is 2.32. The van der Waals surface area contributed by atoms with E-state index in [1.165, 1.54) is 39.0 Å². The number of nitrogens with one attached hydrogen (secondary N) is 1. The second-order valence-electron chi connectivity index (χ2n) is 8.75. The van der Waals surface area contributed by atoms with Crippen molar-refractivity contribution < 1.29 is 53.5 Å². The summed E-state index contributed by atoms with van der Waals surface area (Å²) in [6.07, 6.45) is -19.4. The number of aryl methyl sites for hydroxylation is 3. The molecule has 1 N–H and O–H groups in total. The molecule has 0 aliphatic carbocycles. The molecule has 0 bridgehead atoms. The molecule has 0 heterocycles. The molecule has 0 aliphatic heterocycles. The molecule has 38 heavy (non-hydrogen) atoms. The van der Waals surface area contributed by atoms with Crippen LogP contribution in [0.4, 0.5) is 43.9 Å². The average Bonchev–Trinajstić information content (AvgIpc) is 2.75. The van der Waals surface area contributed by atoms with E-state index >= 15 is 0 Å². The minimum atomic E-state index is -6.27. The average molecular weight is 559 g/mol. The number of hydrogen-bond acceptors (Lipinski definition) is 2. The zero-order valence-corrected chi connectivity index (χ0v) is 20.3. The van der Waals surface area contributed by atoms with Crippen molar-refractivity contribution in [1.82, 2.24) is 5.32 Å². The third kappa shape index (κ3) is 6.84. The number of amides is 1. The number of Topliss-reactive ketones (excluding diaryl/α,β-unsaturated/α-hetero) is 1. The molecular formula is C25H23F10NO2. The van der Waals surface area contributed by atoms with Crippen molar-refractivity contribution in [2.75, 3.05) is 0 Å². The van der Waals surface area contributed by atoms with Gasteiger partial charge in [0, 0.05) is 24.1 Å². The molecule has 0 atom stereocenters. The highest BCUT2D eigenvalue weighted by Crippen LogP contribution is 2.53. The fourth-order valence-corrected chi connectivity index (χ4v) is 3.91. The molecule has 0 radical (unpaired) electrons. The van der Waals surface area contributed by atoms with Gasteiger partial charge in [0.25, 0.3) is 0 Å². The van der Waals surface area contributed by atoms with E-state index < -0.39 is 54.3 Å². The lowest BCUT2D eigenvalue weighted by atomic mass is 9.86. The smallest absolute Gasteiger partial charge is 0.352 e. The van der Waals surface area contributed by atoms with E-state index in [4.69, 9.17) is 0 Å². The minimum Gasteiger partial charge on any atom is -0.352 e. The summed E-state index contributed by atoms with van der Waals surface area (Å²) in [5.41, 5.74) is -6.30. The Labute approximate surface area is 211 Å². The van der Waals surface area contributed by atoms with Crippen molar-refractivity contribution in [2.45, 2.75) is 70.8 Å². The topological polar surface area (TPSA) is 46.2 Å². The number of ketones is 1. The van der Waals surface area contributed by atoms with Crippen LogP contribution in [-0.4, -0.2) is 30.2 Å². The van der Waals surface area contributed by atoms with Gasteiger partial charge in [-0.3, -0.25) is 9.59 Å². The molecule has 0 saturated heterocycles. The van der Waals surface area contributed by atoms with Crippen LogP contribution in [0.3, 0.4) is 0 Å². The van der Waals surface area contributed by atoms with E-state index in [0.29, 0.717) is 23.3 Å². The lowest BCUT2D eigenvalue weighted by molar-refractivity contribution is -0.348. The standard InChI is InChI=1S/C25H23F10NO2/c1-4-15-9-18(23(29,24(30,31)32)25(33,34)35)8-14(3)19(15)10-20(37)16-5-6-17(13(2)7-16)12-36-21(38)11-22(26,27)28/h5-9H,4,10-12H2,1-3H3,(H,36,38). The van der Waals surface area contributed by atoms with Gasteiger partial charge in [-0.2, -0.15) is 39.5 Å². The molecule has 210 valence electrons. The van der Waals surface area contributed by atoms with Crippen molar-refractivity contribution in [1.29, 1.82) is 0 Å². The Morgan fingerprint density at radius 3 is 1.84 bits per heavy atom. The van der Waals surface area contributed by atoms with E-state index in [0.717, 1.165) is 0 Å². The maximum Gasteiger partial charge on any atom is 0.435 e. The molecule has 13 heteroatoms. The Bertz CT molecular complexity index is 1180. The highest BCUT2D eigenvalue weighted by atomic mass is 19.4. The maximum absolute atomic E-state index is 14.6. The molecule has 1 amide bonds. The maximum atomic E-state index is 14.6. The van der Waals surface area contributed by atoms with Crippen LogP contribution in [0.5, 0.6) is 0 Å². The molecule has 0 aromatic heterocycles. The van der Waals surface area contributed by atoms with Crippen LogP contribution in [0.2, 0.25) is 0 Å². The number of alkyl halides is 10. The quantitative estimate of drug-likeness (QED) is 0.276. The van der Waals surface area contributed by atoms with E-state index in [1.807, 2.05) is 0 Å². The first-order valence-electron chi connectivity index (χ1n) is 11.1. The fraction of sp³-hybridized carbons (Fsp3) is 0.440. The van der Waals surface area contributed by atoms with Crippen LogP contribution in [0.15, 0.2) is 30.3 Å². The van der Waals surface area contributed by atoms with Crippen molar-refractivity contribution in [2.24, 2.45) is 0 Å². The van der Waals surface area contributed by atoms with Gasteiger partial charge in [-0.1, -0.05) is 31.2 Å². The Hall–Kier alpha value is -3.12. The Kier molecular flexibility index (Phi) is 8.95. The van der Waals surface area contributed by atoms with Crippen molar-refractivity contribution in [3.63, 3.8) is 0 Å². The monoisotopic (exact) mass is 559 g/mol. The molecule has 2 rings (SSSR count). The summed E-state index contributed by atoms with van der Waals surface area (Å²) in [5.74, 6) is -1.79. The van der Waals surface area contributed by atoms with Gasteiger partial charge in [0.2, 0.25) is 5.91 Å². The fourth-order valence-electron chi connectivity index (χ4n) is 3.91. The number of benzene rings is 2. The predicted molar refractivity (Wildman–Crippen MR) is 117 cm³/mol. The van der Waals surface area contributed by atoms with Gasteiger partial charge in [0.15, 0.2) is 5.78 Å². The number of halogens is 10. The summed E-state index contributed by atoms with van der Waals surface area (Å²) >= 11 is 0.